The van der Waals surface area contributed by atoms with Crippen molar-refractivity contribution >= 4 is 35.6 Å². The Morgan fingerprint density at radius 1 is 1.08 bits per heavy atom. The van der Waals surface area contributed by atoms with Crippen LogP contribution in [0.5, 0.6) is 0 Å². The fourth-order valence-electron chi connectivity index (χ4n) is 2.32. The number of carbonyl (C=O) groups excluding carboxylic acids is 2. The smallest absolute Gasteiger partial charge is 0.253 e. The second-order valence-corrected chi connectivity index (χ2v) is 6.12. The van der Waals surface area contributed by atoms with Crippen molar-refractivity contribution in [2.45, 2.75) is 26.8 Å². The molecule has 0 bridgehead atoms. The molecule has 25 heavy (non-hydrogen) atoms. The number of amides is 2. The van der Waals surface area contributed by atoms with Crippen LogP contribution in [0.4, 0.5) is 11.4 Å². The Kier molecular flexibility index (Phi) is 7.95. The minimum atomic E-state index is -0.220. The Morgan fingerprint density at radius 2 is 1.80 bits per heavy atom. The zero-order chi connectivity index (χ0) is 17.5. The molecule has 6 heteroatoms. The van der Waals surface area contributed by atoms with E-state index in [2.05, 4.69) is 10.6 Å². The summed E-state index contributed by atoms with van der Waals surface area (Å²) >= 11 is 0. The highest BCUT2D eigenvalue weighted by Crippen LogP contribution is 2.13. The molecule has 0 aliphatic heterocycles. The summed E-state index contributed by atoms with van der Waals surface area (Å²) in [6.07, 6.45) is 0.480. The van der Waals surface area contributed by atoms with Crippen molar-refractivity contribution in [2.75, 3.05) is 11.1 Å². The lowest BCUT2D eigenvalue weighted by atomic mass is 10.1. The van der Waals surface area contributed by atoms with Gasteiger partial charge in [0.25, 0.3) is 5.91 Å². The number of anilines is 2. The summed E-state index contributed by atoms with van der Waals surface area (Å²) in [5.74, 6) is 0.0781. The number of nitrogens with two attached hydrogens (primary N) is 1. The highest BCUT2D eigenvalue weighted by Gasteiger charge is 2.09. The summed E-state index contributed by atoms with van der Waals surface area (Å²) in [5.41, 5.74) is 8.34. The predicted octanol–water partition coefficient (Wildman–Crippen LogP) is 3.61. The van der Waals surface area contributed by atoms with Gasteiger partial charge in [-0.25, -0.2) is 0 Å². The van der Waals surface area contributed by atoms with E-state index >= 15 is 0 Å². The molecule has 2 amide bonds. The highest BCUT2D eigenvalue weighted by atomic mass is 35.5. The topological polar surface area (TPSA) is 84.2 Å². The first kappa shape index (κ1) is 20.5. The molecule has 2 aromatic rings. The van der Waals surface area contributed by atoms with Crippen LogP contribution < -0.4 is 16.4 Å². The number of nitrogen functional groups attached to an aromatic ring is 1. The van der Waals surface area contributed by atoms with Gasteiger partial charge in [-0.2, -0.15) is 0 Å². The lowest BCUT2D eigenvalue weighted by Crippen LogP contribution is -2.23. The summed E-state index contributed by atoms with van der Waals surface area (Å²) < 4.78 is 0. The molecule has 0 saturated carbocycles. The second kappa shape index (κ2) is 9.69. The van der Waals surface area contributed by atoms with E-state index in [-0.39, 0.29) is 24.2 Å². The SMILES string of the molecule is CC(C)CC(=O)Nc1cccc(CNC(=O)c2ccccc2N)c1.Cl. The van der Waals surface area contributed by atoms with Crippen LogP contribution in [-0.4, -0.2) is 11.8 Å². The molecular formula is C19H24ClN3O2. The van der Waals surface area contributed by atoms with Gasteiger partial charge in [0.15, 0.2) is 0 Å². The Hall–Kier alpha value is -2.53. The van der Waals surface area contributed by atoms with Gasteiger partial charge in [0.2, 0.25) is 5.91 Å². The van der Waals surface area contributed by atoms with Crippen molar-refractivity contribution in [3.05, 3.63) is 59.7 Å². The van der Waals surface area contributed by atoms with Crippen molar-refractivity contribution in [1.29, 1.82) is 0 Å². The van der Waals surface area contributed by atoms with Gasteiger partial charge < -0.3 is 16.4 Å². The van der Waals surface area contributed by atoms with E-state index in [4.69, 9.17) is 5.73 Å². The molecule has 0 fully saturated rings. The standard InChI is InChI=1S/C19H23N3O2.ClH/c1-13(2)10-18(23)22-15-7-5-6-14(11-15)12-21-19(24)16-8-3-4-9-17(16)20;/h3-9,11,13H,10,12,20H2,1-2H3,(H,21,24)(H,22,23);1H. The van der Waals surface area contributed by atoms with Gasteiger partial charge in [0.05, 0.1) is 5.56 Å². The van der Waals surface area contributed by atoms with Gasteiger partial charge in [-0.05, 0) is 35.7 Å². The first-order valence-corrected chi connectivity index (χ1v) is 7.97. The number of nitrogens with one attached hydrogen (secondary N) is 2. The van der Waals surface area contributed by atoms with Gasteiger partial charge in [0, 0.05) is 24.3 Å². The first-order chi connectivity index (χ1) is 11.5. The van der Waals surface area contributed by atoms with Crippen LogP contribution in [0.1, 0.15) is 36.2 Å². The van der Waals surface area contributed by atoms with Crippen molar-refractivity contribution in [3.63, 3.8) is 0 Å². The molecule has 0 saturated heterocycles. The Bertz CT molecular complexity index is 732. The second-order valence-electron chi connectivity index (χ2n) is 6.12. The lowest BCUT2D eigenvalue weighted by Gasteiger charge is -2.10. The number of halogens is 1. The number of rotatable bonds is 6. The maximum atomic E-state index is 12.2. The van der Waals surface area contributed by atoms with E-state index in [0.29, 0.717) is 30.1 Å². The molecule has 0 aromatic heterocycles. The molecule has 0 spiro atoms. The zero-order valence-corrected chi connectivity index (χ0v) is 15.2. The molecule has 0 unspecified atom stereocenters. The Labute approximate surface area is 154 Å². The van der Waals surface area contributed by atoms with E-state index in [1.807, 2.05) is 38.1 Å². The van der Waals surface area contributed by atoms with Gasteiger partial charge in [-0.1, -0.05) is 38.1 Å². The number of benzene rings is 2. The molecular weight excluding hydrogens is 338 g/mol. The molecule has 0 atom stereocenters. The fraction of sp³-hybridized carbons (Fsp3) is 0.263. The third-order valence-corrected chi connectivity index (χ3v) is 3.46. The van der Waals surface area contributed by atoms with Gasteiger partial charge in [-0.15, -0.1) is 12.4 Å². The molecule has 0 aliphatic carbocycles. The minimum Gasteiger partial charge on any atom is -0.398 e. The highest BCUT2D eigenvalue weighted by molar-refractivity contribution is 5.99. The molecule has 0 aliphatic rings. The fourth-order valence-corrected chi connectivity index (χ4v) is 2.32. The predicted molar refractivity (Wildman–Crippen MR) is 104 cm³/mol. The average molecular weight is 362 g/mol. The Balaban J connectivity index is 0.00000312. The molecule has 2 rings (SSSR count). The molecule has 4 N–H and O–H groups in total. The van der Waals surface area contributed by atoms with E-state index in [1.165, 1.54) is 0 Å². The summed E-state index contributed by atoms with van der Waals surface area (Å²) in [5, 5.41) is 5.71. The summed E-state index contributed by atoms with van der Waals surface area (Å²) in [4.78, 5) is 24.0. The summed E-state index contributed by atoms with van der Waals surface area (Å²) in [7, 11) is 0. The van der Waals surface area contributed by atoms with E-state index < -0.39 is 0 Å². The van der Waals surface area contributed by atoms with Crippen LogP contribution in [0.25, 0.3) is 0 Å². The minimum absolute atomic E-state index is 0. The van der Waals surface area contributed by atoms with Gasteiger partial charge in [-0.3, -0.25) is 9.59 Å². The van der Waals surface area contributed by atoms with Crippen molar-refractivity contribution in [2.24, 2.45) is 5.92 Å². The first-order valence-electron chi connectivity index (χ1n) is 7.97. The number of hydrogen-bond acceptors (Lipinski definition) is 3. The third-order valence-electron chi connectivity index (χ3n) is 3.46. The van der Waals surface area contributed by atoms with Crippen LogP contribution in [0.2, 0.25) is 0 Å². The lowest BCUT2D eigenvalue weighted by molar-refractivity contribution is -0.116. The number of para-hydroxylation sites is 1. The van der Waals surface area contributed by atoms with Crippen LogP contribution >= 0.6 is 12.4 Å². The molecule has 0 radical (unpaired) electrons. The number of hydrogen-bond donors (Lipinski definition) is 3. The quantitative estimate of drug-likeness (QED) is 0.687. The maximum absolute atomic E-state index is 12.2. The molecule has 5 nitrogen and oxygen atoms in total. The normalized spacial score (nSPS) is 10.0. The van der Waals surface area contributed by atoms with Crippen LogP contribution in [0.15, 0.2) is 48.5 Å². The van der Waals surface area contributed by atoms with Crippen LogP contribution in [0.3, 0.4) is 0 Å². The Morgan fingerprint density at radius 3 is 2.48 bits per heavy atom. The van der Waals surface area contributed by atoms with E-state index in [0.717, 1.165) is 11.3 Å². The monoisotopic (exact) mass is 361 g/mol. The van der Waals surface area contributed by atoms with Crippen molar-refractivity contribution in [3.8, 4) is 0 Å². The van der Waals surface area contributed by atoms with Crippen LogP contribution in [0, 0.1) is 5.92 Å². The number of carbonyl (C=O) groups is 2. The maximum Gasteiger partial charge on any atom is 0.253 e. The van der Waals surface area contributed by atoms with Crippen molar-refractivity contribution < 1.29 is 9.59 Å². The largest absolute Gasteiger partial charge is 0.398 e. The third kappa shape index (κ3) is 6.47. The van der Waals surface area contributed by atoms with Gasteiger partial charge in [0.1, 0.15) is 0 Å². The summed E-state index contributed by atoms with van der Waals surface area (Å²) in [6.45, 7) is 4.36. The van der Waals surface area contributed by atoms with Gasteiger partial charge >= 0.3 is 0 Å². The summed E-state index contributed by atoms with van der Waals surface area (Å²) in [6, 6.07) is 14.4. The van der Waals surface area contributed by atoms with E-state index in [1.54, 1.807) is 24.3 Å². The zero-order valence-electron chi connectivity index (χ0n) is 14.4. The molecule has 0 heterocycles. The molecule has 134 valence electrons. The van der Waals surface area contributed by atoms with Crippen LogP contribution in [-0.2, 0) is 11.3 Å². The molecule has 2 aromatic carbocycles. The van der Waals surface area contributed by atoms with Crippen molar-refractivity contribution in [1.82, 2.24) is 5.32 Å². The average Bonchev–Trinajstić information content (AvgIpc) is 2.52. The van der Waals surface area contributed by atoms with E-state index in [9.17, 15) is 9.59 Å².